The number of benzene rings is 5. The molecule has 4 aliphatic rings. The number of carbonyl (C=O) groups excluding carboxylic acids is 4. The molecule has 2 N–H and O–H groups in total. The van der Waals surface area contributed by atoms with E-state index in [1.165, 1.54) is 0 Å². The zero-order chi connectivity index (χ0) is 48.2. The van der Waals surface area contributed by atoms with Gasteiger partial charge in [-0.05, 0) is 110 Å². The highest BCUT2D eigenvalue weighted by molar-refractivity contribution is 8.77. The normalized spacial score (nSPS) is 16.4. The summed E-state index contributed by atoms with van der Waals surface area (Å²) < 4.78 is 18.7. The Bertz CT molecular complexity index is 2880. The Kier molecular flexibility index (Phi) is 14.2. The number of ether oxygens (including phenoxy) is 3. The fraction of sp³-hybridized carbons (Fsp3) is 0.333. The van der Waals surface area contributed by atoms with Gasteiger partial charge in [0.1, 0.15) is 19.0 Å². The van der Waals surface area contributed by atoms with Gasteiger partial charge in [0.25, 0.3) is 11.8 Å². The number of fused-ring (bicyclic) bond motifs is 8. The predicted octanol–water partition coefficient (Wildman–Crippen LogP) is 10.5. The Hall–Kier alpha value is -6.58. The van der Waals surface area contributed by atoms with Crippen LogP contribution in [-0.2, 0) is 35.6 Å². The minimum Gasteiger partial charge on any atom is -0.493 e. The first kappa shape index (κ1) is 47.5. The molecule has 0 aliphatic carbocycles. The number of hydrogen-bond acceptors (Lipinski definition) is 11. The van der Waals surface area contributed by atoms with E-state index in [1.54, 1.807) is 52.8 Å². The van der Waals surface area contributed by atoms with Gasteiger partial charge in [-0.25, -0.2) is 0 Å². The quantitative estimate of drug-likeness (QED) is 0.0646. The fourth-order valence-corrected chi connectivity index (χ4v) is 12.0. The number of carbonyl (C=O) groups is 4. The number of nitrogens with zero attached hydrogens (tertiary/aromatic N) is 4. The summed E-state index contributed by atoms with van der Waals surface area (Å²) in [7, 11) is 6.75. The molecule has 4 amide bonds. The molecule has 356 valence electrons. The molecule has 0 aromatic heterocycles. The van der Waals surface area contributed by atoms with Crippen molar-refractivity contribution in [3.63, 3.8) is 0 Å². The minimum absolute atomic E-state index is 0.0498. The first-order valence-electron chi connectivity index (χ1n) is 23.4. The summed E-state index contributed by atoms with van der Waals surface area (Å²) in [5.41, 5.74) is 8.95. The van der Waals surface area contributed by atoms with Crippen LogP contribution in [0.4, 0.5) is 28.4 Å². The summed E-state index contributed by atoms with van der Waals surface area (Å²) >= 11 is 0. The molecule has 0 spiro atoms. The van der Waals surface area contributed by atoms with E-state index in [9.17, 15) is 19.2 Å². The van der Waals surface area contributed by atoms with Gasteiger partial charge < -0.3 is 24.8 Å². The van der Waals surface area contributed by atoms with Gasteiger partial charge in [-0.15, -0.1) is 0 Å². The van der Waals surface area contributed by atoms with Gasteiger partial charge in [-0.1, -0.05) is 58.0 Å². The summed E-state index contributed by atoms with van der Waals surface area (Å²) in [6.07, 6.45) is 8.28. The molecular weight excluding hydrogens is 909 g/mol. The van der Waals surface area contributed by atoms with Crippen LogP contribution < -0.4 is 34.6 Å². The van der Waals surface area contributed by atoms with Crippen LogP contribution in [0, 0.1) is 6.92 Å². The van der Waals surface area contributed by atoms with Gasteiger partial charge >= 0.3 is 0 Å². The molecular formula is C54H56N6O7S2. The molecule has 9 rings (SSSR count). The van der Waals surface area contributed by atoms with Crippen molar-refractivity contribution in [2.75, 3.05) is 35.0 Å². The Morgan fingerprint density at radius 1 is 0.725 bits per heavy atom. The van der Waals surface area contributed by atoms with Gasteiger partial charge in [0, 0.05) is 84.9 Å². The number of methoxy groups -OCH3 is 1. The summed E-state index contributed by atoms with van der Waals surface area (Å²) in [4.78, 5) is 66.4. The lowest BCUT2D eigenvalue weighted by molar-refractivity contribution is -0.120. The van der Waals surface area contributed by atoms with E-state index in [0.29, 0.717) is 77.5 Å². The van der Waals surface area contributed by atoms with E-state index >= 15 is 0 Å². The summed E-state index contributed by atoms with van der Waals surface area (Å²) in [5, 5.41) is 5.79. The van der Waals surface area contributed by atoms with Crippen LogP contribution in [0.3, 0.4) is 0 Å². The molecule has 4 aliphatic heterocycles. The predicted molar refractivity (Wildman–Crippen MR) is 277 cm³/mol. The molecule has 2 atom stereocenters. The van der Waals surface area contributed by atoms with Crippen LogP contribution in [0.15, 0.2) is 101 Å². The van der Waals surface area contributed by atoms with Crippen LogP contribution in [0.2, 0.25) is 0 Å². The maximum Gasteiger partial charge on any atom is 0.261 e. The number of nitrogens with one attached hydrogen (secondary N) is 2. The van der Waals surface area contributed by atoms with Crippen molar-refractivity contribution in [2.45, 2.75) is 95.8 Å². The standard InChI is InChI=1S/C54H56N6O7S2/c1-33-20-41-43(56-29-39-24-36-12-6-8-14-45(36)59(39)52(41)63)27-47(33)66-31-34-21-35(23-38(22-34)58-51(62)16-10-18-54(2,3)69-68-19-11-17-50(61)55-4)32-67-49-28-44-42(26-48(49)65-5)53(64)60-40(30-57-44)25-37-13-7-9-15-46(37)60/h6-9,12-15,20-23,26-30,39-40H,10-11,16-19,24-25,31-32H2,1-5H3,(H,55,61)(H,58,62)/t39-,40-/m0/s1. The van der Waals surface area contributed by atoms with Crippen LogP contribution in [-0.4, -0.2) is 72.8 Å². The highest BCUT2D eigenvalue weighted by Crippen LogP contribution is 2.43. The summed E-state index contributed by atoms with van der Waals surface area (Å²) in [6, 6.07) is 28.4. The third-order valence-corrected chi connectivity index (χ3v) is 16.2. The highest BCUT2D eigenvalue weighted by Gasteiger charge is 2.38. The van der Waals surface area contributed by atoms with E-state index in [0.717, 1.165) is 57.8 Å². The number of aryl methyl sites for hydroxylation is 1. The zero-order valence-electron chi connectivity index (χ0n) is 39.5. The third kappa shape index (κ3) is 10.5. The largest absolute Gasteiger partial charge is 0.493 e. The average Bonchev–Trinajstić information content (AvgIpc) is 3.83. The number of anilines is 3. The number of para-hydroxylation sites is 2. The van der Waals surface area contributed by atoms with E-state index in [-0.39, 0.29) is 53.7 Å². The number of aliphatic imine (C=N–C) groups is 2. The van der Waals surface area contributed by atoms with Gasteiger partial charge in [-0.2, -0.15) is 0 Å². The molecule has 4 heterocycles. The molecule has 0 radical (unpaired) electrons. The number of rotatable bonds is 18. The highest BCUT2D eigenvalue weighted by atomic mass is 33.1. The summed E-state index contributed by atoms with van der Waals surface area (Å²) in [6.45, 7) is 6.54. The van der Waals surface area contributed by atoms with E-state index in [2.05, 4.69) is 30.5 Å². The molecule has 0 unspecified atom stereocenters. The van der Waals surface area contributed by atoms with Crippen LogP contribution in [0.25, 0.3) is 0 Å². The van der Waals surface area contributed by atoms with Gasteiger partial charge in [0.2, 0.25) is 11.8 Å². The van der Waals surface area contributed by atoms with Crippen molar-refractivity contribution in [2.24, 2.45) is 9.98 Å². The Morgan fingerprint density at radius 2 is 1.29 bits per heavy atom. The molecule has 15 heteroatoms. The zero-order valence-corrected chi connectivity index (χ0v) is 41.1. The van der Waals surface area contributed by atoms with Crippen molar-refractivity contribution >= 4 is 86.1 Å². The average molecular weight is 965 g/mol. The number of hydrogen-bond donors (Lipinski definition) is 2. The maximum atomic E-state index is 14.0. The second kappa shape index (κ2) is 20.6. The van der Waals surface area contributed by atoms with Gasteiger partial charge in [0.15, 0.2) is 11.5 Å². The van der Waals surface area contributed by atoms with Crippen molar-refractivity contribution < 1.29 is 33.4 Å². The lowest BCUT2D eigenvalue weighted by Gasteiger charge is -2.23. The Labute approximate surface area is 410 Å². The monoisotopic (exact) mass is 964 g/mol. The molecule has 5 aromatic carbocycles. The molecule has 0 saturated carbocycles. The molecule has 69 heavy (non-hydrogen) atoms. The second-order valence-corrected chi connectivity index (χ2v) is 21.4. The fourth-order valence-electron chi connectivity index (χ4n) is 9.27. The van der Waals surface area contributed by atoms with Crippen LogP contribution in [0.5, 0.6) is 17.2 Å². The smallest absolute Gasteiger partial charge is 0.261 e. The molecule has 0 fully saturated rings. The van der Waals surface area contributed by atoms with Gasteiger partial charge in [0.05, 0.1) is 41.7 Å². The Morgan fingerprint density at radius 3 is 1.90 bits per heavy atom. The first-order valence-corrected chi connectivity index (χ1v) is 25.7. The number of amides is 4. The third-order valence-electron chi connectivity index (χ3n) is 12.8. The van der Waals surface area contributed by atoms with E-state index in [1.807, 2.05) is 97.0 Å². The van der Waals surface area contributed by atoms with Crippen LogP contribution >= 0.6 is 21.6 Å². The lowest BCUT2D eigenvalue weighted by atomic mass is 10.0. The van der Waals surface area contributed by atoms with Crippen molar-refractivity contribution in [1.29, 1.82) is 0 Å². The lowest BCUT2D eigenvalue weighted by Crippen LogP contribution is -2.37. The minimum atomic E-state index is -0.196. The van der Waals surface area contributed by atoms with Crippen molar-refractivity contribution in [3.8, 4) is 17.2 Å². The van der Waals surface area contributed by atoms with Crippen LogP contribution in [0.1, 0.15) is 94.5 Å². The maximum absolute atomic E-state index is 14.0. The van der Waals surface area contributed by atoms with E-state index < -0.39 is 0 Å². The van der Waals surface area contributed by atoms with Crippen molar-refractivity contribution in [3.05, 3.63) is 130 Å². The Balaban J connectivity index is 0.914. The molecule has 0 saturated heterocycles. The SMILES string of the molecule is CNC(=O)CCCSSC(C)(C)CCCC(=O)Nc1cc(COc2cc3c(cc2C)C(=O)N2c4ccccc4C[C@H]2C=N3)cc(COc2cc3c(cc2OC)C(=O)N2c4ccccc4C[C@H]2C=N3)c1. The molecule has 0 bridgehead atoms. The van der Waals surface area contributed by atoms with Crippen molar-refractivity contribution in [1.82, 2.24) is 5.32 Å². The molecule has 13 nitrogen and oxygen atoms in total. The second-order valence-electron chi connectivity index (χ2n) is 18.3. The topological polar surface area (TPSA) is 151 Å². The first-order chi connectivity index (χ1) is 33.4. The summed E-state index contributed by atoms with van der Waals surface area (Å²) in [5.74, 6) is 1.98. The van der Waals surface area contributed by atoms with Gasteiger partial charge in [-0.3, -0.25) is 39.0 Å². The van der Waals surface area contributed by atoms with E-state index in [4.69, 9.17) is 24.2 Å². The molecule has 5 aromatic rings.